The van der Waals surface area contributed by atoms with Crippen molar-refractivity contribution in [3.63, 3.8) is 0 Å². The number of pyridine rings is 1. The lowest BCUT2D eigenvalue weighted by Gasteiger charge is -2.57. The van der Waals surface area contributed by atoms with Crippen LogP contribution in [0.2, 0.25) is 0 Å². The van der Waals surface area contributed by atoms with Crippen molar-refractivity contribution in [3.05, 3.63) is 47.8 Å². The Morgan fingerprint density at radius 2 is 2.03 bits per heavy atom. The van der Waals surface area contributed by atoms with Crippen LogP contribution in [-0.2, 0) is 9.53 Å². The Morgan fingerprint density at radius 1 is 1.21 bits per heavy atom. The summed E-state index contributed by atoms with van der Waals surface area (Å²) in [6, 6.07) is 4.03. The number of hydrogen-bond donors (Lipinski definition) is 0. The third-order valence-electron chi connectivity index (χ3n) is 8.56. The van der Waals surface area contributed by atoms with Gasteiger partial charge in [0.25, 0.3) is 0 Å². The maximum atomic E-state index is 11.5. The van der Waals surface area contributed by atoms with Crippen molar-refractivity contribution in [1.29, 1.82) is 0 Å². The van der Waals surface area contributed by atoms with Gasteiger partial charge in [0, 0.05) is 28.5 Å². The summed E-state index contributed by atoms with van der Waals surface area (Å²) in [5.41, 5.74) is 3.58. The fraction of sp³-hybridized carbons (Fsp3) is 0.615. The molecule has 0 bridgehead atoms. The third-order valence-corrected chi connectivity index (χ3v) is 8.56. The molecule has 5 rings (SSSR count). The topological polar surface area (TPSA) is 39.2 Å². The molecule has 3 unspecified atom stereocenters. The van der Waals surface area contributed by atoms with Crippen LogP contribution in [0.15, 0.2) is 42.3 Å². The molecular formula is C26H33NO2. The zero-order chi connectivity index (χ0) is 22.0. The van der Waals surface area contributed by atoms with E-state index >= 15 is 0 Å². The van der Waals surface area contributed by atoms with Crippen LogP contribution in [-0.4, -0.2) is 17.1 Å². The van der Waals surface area contributed by atoms with Crippen LogP contribution in [0.4, 0.5) is 0 Å². The molecule has 6 atom stereocenters. The third kappa shape index (κ3) is 2.92. The van der Waals surface area contributed by atoms with Gasteiger partial charge in [0.2, 0.25) is 0 Å². The summed E-state index contributed by atoms with van der Waals surface area (Å²) in [6.45, 7) is 6.18. The Morgan fingerprint density at radius 3 is 2.79 bits per heavy atom. The van der Waals surface area contributed by atoms with Crippen LogP contribution >= 0.6 is 0 Å². The van der Waals surface area contributed by atoms with Crippen LogP contribution in [0, 0.1) is 28.6 Å². The van der Waals surface area contributed by atoms with Crippen molar-refractivity contribution in [1.82, 2.24) is 4.98 Å². The molecule has 4 aliphatic carbocycles. The zero-order valence-electron chi connectivity index (χ0n) is 19.8. The first-order valence-corrected chi connectivity index (χ1v) is 11.2. The first-order valence-electron chi connectivity index (χ1n) is 12.2. The van der Waals surface area contributed by atoms with Crippen molar-refractivity contribution < 1.29 is 12.3 Å². The molecule has 2 fully saturated rings. The van der Waals surface area contributed by atoms with Gasteiger partial charge >= 0.3 is 5.97 Å². The smallest absolute Gasteiger partial charge is 0.302 e. The molecule has 0 spiro atoms. The second kappa shape index (κ2) is 6.82. The number of fused-ring (bicyclic) bond motifs is 5. The molecule has 3 heteroatoms. The Labute approximate surface area is 177 Å². The fourth-order valence-corrected chi connectivity index (χ4v) is 7.06. The van der Waals surface area contributed by atoms with Gasteiger partial charge in [0.15, 0.2) is 0 Å². The maximum absolute atomic E-state index is 11.5. The van der Waals surface area contributed by atoms with E-state index in [1.54, 1.807) is 6.20 Å². The zero-order valence-corrected chi connectivity index (χ0v) is 17.8. The fourth-order valence-electron chi connectivity index (χ4n) is 7.06. The largest absolute Gasteiger partial charge is 0.462 e. The molecule has 1 aromatic rings. The normalized spacial score (nSPS) is 43.6. The number of carbonyl (C=O) groups excluding carboxylic acids is 1. The molecule has 4 aliphatic rings. The number of aromatic nitrogens is 1. The second-order valence-electron chi connectivity index (χ2n) is 10.0. The molecule has 1 heterocycles. The van der Waals surface area contributed by atoms with Gasteiger partial charge in [-0.05, 0) is 84.3 Å². The number of esters is 1. The molecule has 0 radical (unpaired) electrons. The highest BCUT2D eigenvalue weighted by molar-refractivity contribution is 5.72. The molecule has 0 N–H and O–H groups in total. The van der Waals surface area contributed by atoms with Gasteiger partial charge in [0.1, 0.15) is 6.10 Å². The van der Waals surface area contributed by atoms with E-state index in [0.29, 0.717) is 11.8 Å². The molecule has 0 amide bonds. The number of rotatable bonds is 2. The lowest BCUT2D eigenvalue weighted by molar-refractivity contribution is -0.148. The SMILES string of the molecule is [2H]C1([2H])C=C(c2cccnc2)[C@@]2(C)CCC3C(CC=C4C[C@@H](OC(C)=O)CC[C@@]43C)C12. The lowest BCUT2D eigenvalue weighted by atomic mass is 9.47. The van der Waals surface area contributed by atoms with Crippen LogP contribution in [0.5, 0.6) is 0 Å². The van der Waals surface area contributed by atoms with Crippen molar-refractivity contribution >= 4 is 11.5 Å². The Balaban J connectivity index is 1.48. The highest BCUT2D eigenvalue weighted by atomic mass is 16.5. The molecular weight excluding hydrogens is 358 g/mol. The van der Waals surface area contributed by atoms with Crippen molar-refractivity contribution in [2.45, 2.75) is 71.8 Å². The van der Waals surface area contributed by atoms with E-state index < -0.39 is 6.37 Å². The number of allylic oxidation sites excluding steroid dienone is 3. The summed E-state index contributed by atoms with van der Waals surface area (Å²) < 4.78 is 23.6. The summed E-state index contributed by atoms with van der Waals surface area (Å²) in [4.78, 5) is 15.8. The van der Waals surface area contributed by atoms with Crippen LogP contribution < -0.4 is 0 Å². The van der Waals surface area contributed by atoms with Gasteiger partial charge < -0.3 is 4.74 Å². The molecule has 1 aromatic heterocycles. The monoisotopic (exact) mass is 393 g/mol. The summed E-state index contributed by atoms with van der Waals surface area (Å²) in [5, 5.41) is 0. The summed E-state index contributed by atoms with van der Waals surface area (Å²) >= 11 is 0. The predicted octanol–water partition coefficient (Wildman–Crippen LogP) is 5.97. The highest BCUT2D eigenvalue weighted by Crippen LogP contribution is 2.66. The van der Waals surface area contributed by atoms with E-state index in [0.717, 1.165) is 49.7 Å². The van der Waals surface area contributed by atoms with Gasteiger partial charge in [0.05, 0.1) is 0 Å². The quantitative estimate of drug-likeness (QED) is 0.459. The van der Waals surface area contributed by atoms with E-state index in [2.05, 4.69) is 31.0 Å². The number of hydrogen-bond acceptors (Lipinski definition) is 3. The van der Waals surface area contributed by atoms with Gasteiger partial charge in [-0.15, -0.1) is 0 Å². The Bertz CT molecular complexity index is 955. The number of carbonyl (C=O) groups is 1. The molecule has 2 saturated carbocycles. The van der Waals surface area contributed by atoms with Crippen molar-refractivity contribution in [2.24, 2.45) is 28.6 Å². The highest BCUT2D eigenvalue weighted by Gasteiger charge is 2.56. The molecule has 0 saturated heterocycles. The van der Waals surface area contributed by atoms with Gasteiger partial charge in [-0.25, -0.2) is 0 Å². The molecule has 0 aromatic carbocycles. The van der Waals surface area contributed by atoms with Crippen LogP contribution in [0.1, 0.15) is 74.0 Å². The lowest BCUT2D eigenvalue weighted by Crippen LogP contribution is -2.50. The van der Waals surface area contributed by atoms with E-state index in [-0.39, 0.29) is 28.8 Å². The van der Waals surface area contributed by atoms with Crippen LogP contribution in [0.25, 0.3) is 5.57 Å². The van der Waals surface area contributed by atoms with Gasteiger partial charge in [-0.2, -0.15) is 0 Å². The average molecular weight is 394 g/mol. The maximum Gasteiger partial charge on any atom is 0.302 e. The Hall–Kier alpha value is -1.90. The van der Waals surface area contributed by atoms with E-state index in [9.17, 15) is 4.79 Å². The standard InChI is InChI=1S/C26H33NO2/c1-17(28)29-20-10-12-25(2)19(15-20)6-7-21-23-9-8-22(18-5-4-14-27-16-18)26(23,3)13-11-24(21)25/h4-6,8,14,16,20-21,23-24H,7,9-13,15H2,1-3H3/t20-,21?,23?,24?,25-,26+/m0/s1/i9D2. The predicted molar refractivity (Wildman–Crippen MR) is 115 cm³/mol. The number of nitrogens with zero attached hydrogens (tertiary/aromatic N) is 1. The first kappa shape index (κ1) is 16.8. The summed E-state index contributed by atoms with van der Waals surface area (Å²) in [5.74, 6) is 0.609. The summed E-state index contributed by atoms with van der Waals surface area (Å²) in [6.07, 6.45) is 12.5. The van der Waals surface area contributed by atoms with Crippen LogP contribution in [0.3, 0.4) is 0 Å². The van der Waals surface area contributed by atoms with Gasteiger partial charge in [-0.1, -0.05) is 37.6 Å². The minimum atomic E-state index is -1.32. The first-order chi connectivity index (χ1) is 14.6. The minimum absolute atomic E-state index is 0.000923. The molecule has 0 aliphatic heterocycles. The van der Waals surface area contributed by atoms with Crippen molar-refractivity contribution in [3.8, 4) is 0 Å². The molecule has 29 heavy (non-hydrogen) atoms. The Kier molecular flexibility index (Phi) is 3.96. The van der Waals surface area contributed by atoms with E-state index in [4.69, 9.17) is 7.48 Å². The van der Waals surface area contributed by atoms with Crippen molar-refractivity contribution in [2.75, 3.05) is 0 Å². The van der Waals surface area contributed by atoms with E-state index in [1.807, 2.05) is 18.3 Å². The average Bonchev–Trinajstić information content (AvgIpc) is 2.94. The molecule has 154 valence electrons. The van der Waals surface area contributed by atoms with E-state index in [1.165, 1.54) is 12.5 Å². The second-order valence-corrected chi connectivity index (χ2v) is 10.0. The summed E-state index contributed by atoms with van der Waals surface area (Å²) in [7, 11) is 0. The number of ether oxygens (including phenoxy) is 1. The minimum Gasteiger partial charge on any atom is -0.462 e. The molecule has 3 nitrogen and oxygen atoms in total. The van der Waals surface area contributed by atoms with Gasteiger partial charge in [-0.3, -0.25) is 9.78 Å².